The Balaban J connectivity index is 2.13. The minimum absolute atomic E-state index is 0.0287. The fourth-order valence-electron chi connectivity index (χ4n) is 1.85. The van der Waals surface area contributed by atoms with Crippen molar-refractivity contribution in [2.75, 3.05) is 50.9 Å². The lowest BCUT2D eigenvalue weighted by Crippen LogP contribution is -2.43. The summed E-state index contributed by atoms with van der Waals surface area (Å²) in [6.45, 7) is 8.97. The molecule has 1 aliphatic rings. The topological polar surface area (TPSA) is 58.6 Å². The summed E-state index contributed by atoms with van der Waals surface area (Å²) >= 11 is 0. The van der Waals surface area contributed by atoms with Gasteiger partial charge in [-0.15, -0.1) is 0 Å². The van der Waals surface area contributed by atoms with Crippen LogP contribution in [0.4, 0.5) is 0 Å². The average Bonchev–Trinajstić information content (AvgIpc) is 2.30. The number of morpholine rings is 1. The molecule has 1 aliphatic heterocycles. The van der Waals surface area contributed by atoms with E-state index in [1.165, 1.54) is 0 Å². The van der Waals surface area contributed by atoms with Crippen LogP contribution in [0.15, 0.2) is 0 Å². The van der Waals surface area contributed by atoms with Gasteiger partial charge in [-0.2, -0.15) is 0 Å². The number of hydrogen-bond donors (Lipinski definition) is 1. The van der Waals surface area contributed by atoms with Crippen LogP contribution in [-0.4, -0.2) is 70.3 Å². The van der Waals surface area contributed by atoms with Crippen molar-refractivity contribution in [2.45, 2.75) is 19.9 Å². The second-order valence-corrected chi connectivity index (χ2v) is 6.91. The summed E-state index contributed by atoms with van der Waals surface area (Å²) in [5.74, 6) is 0.453. The molecule has 5 nitrogen and oxygen atoms in total. The Morgan fingerprint density at radius 2 is 2.00 bits per heavy atom. The molecule has 6 heteroatoms. The predicted octanol–water partition coefficient (Wildman–Crippen LogP) is -0.269. The van der Waals surface area contributed by atoms with Crippen LogP contribution < -0.4 is 5.32 Å². The first-order valence-corrected chi connectivity index (χ1v) is 8.09. The molecule has 0 bridgehead atoms. The van der Waals surface area contributed by atoms with Crippen molar-refractivity contribution in [1.29, 1.82) is 0 Å². The highest BCUT2D eigenvalue weighted by molar-refractivity contribution is 7.91. The third-order valence-corrected chi connectivity index (χ3v) is 4.86. The van der Waals surface area contributed by atoms with Crippen molar-refractivity contribution in [2.24, 2.45) is 0 Å². The zero-order valence-electron chi connectivity index (χ0n) is 10.8. The lowest BCUT2D eigenvalue weighted by atomic mass is 10.3. The van der Waals surface area contributed by atoms with Gasteiger partial charge in [0.25, 0.3) is 0 Å². The number of nitrogens with zero attached hydrogens (tertiary/aromatic N) is 1. The van der Waals surface area contributed by atoms with Crippen LogP contribution in [0.25, 0.3) is 0 Å². The van der Waals surface area contributed by atoms with Gasteiger partial charge in [0.05, 0.1) is 19.0 Å². The molecule has 0 radical (unpaired) electrons. The minimum Gasteiger partial charge on any atom is -0.379 e. The van der Waals surface area contributed by atoms with Crippen molar-refractivity contribution in [3.05, 3.63) is 0 Å². The molecule has 1 N–H and O–H groups in total. The standard InChI is InChI=1S/C11H24N2O3S/c1-3-17(14,15)10-11(2)12-4-5-13-6-8-16-9-7-13/h11-12H,3-10H2,1-2H3. The summed E-state index contributed by atoms with van der Waals surface area (Å²) in [6.07, 6.45) is 0. The Labute approximate surface area is 104 Å². The van der Waals surface area contributed by atoms with Crippen LogP contribution in [0.3, 0.4) is 0 Å². The predicted molar refractivity (Wildman–Crippen MR) is 69.1 cm³/mol. The molecule has 1 heterocycles. The first kappa shape index (κ1) is 14.9. The summed E-state index contributed by atoms with van der Waals surface area (Å²) in [5, 5.41) is 3.26. The molecule has 1 saturated heterocycles. The van der Waals surface area contributed by atoms with Gasteiger partial charge in [-0.25, -0.2) is 8.42 Å². The second-order valence-electron chi connectivity index (χ2n) is 4.51. The smallest absolute Gasteiger partial charge is 0.151 e. The molecule has 1 atom stereocenters. The van der Waals surface area contributed by atoms with Gasteiger partial charge in [-0.1, -0.05) is 6.92 Å². The number of rotatable bonds is 7. The molecule has 0 aromatic rings. The molecule has 1 fully saturated rings. The van der Waals surface area contributed by atoms with Crippen LogP contribution in [0.2, 0.25) is 0 Å². The third-order valence-electron chi connectivity index (χ3n) is 2.97. The number of nitrogens with one attached hydrogen (secondary N) is 1. The van der Waals surface area contributed by atoms with E-state index < -0.39 is 9.84 Å². The molecule has 17 heavy (non-hydrogen) atoms. The molecule has 0 saturated carbocycles. The summed E-state index contributed by atoms with van der Waals surface area (Å²) in [7, 11) is -2.87. The normalized spacial score (nSPS) is 20.4. The van der Waals surface area contributed by atoms with E-state index in [1.54, 1.807) is 6.92 Å². The van der Waals surface area contributed by atoms with Gasteiger partial charge < -0.3 is 10.1 Å². The van der Waals surface area contributed by atoms with Crippen LogP contribution >= 0.6 is 0 Å². The SMILES string of the molecule is CCS(=O)(=O)CC(C)NCCN1CCOCC1. The number of hydrogen-bond acceptors (Lipinski definition) is 5. The van der Waals surface area contributed by atoms with Gasteiger partial charge in [0, 0.05) is 38.0 Å². The van der Waals surface area contributed by atoms with Crippen LogP contribution in [0, 0.1) is 0 Å². The Kier molecular flexibility index (Phi) is 6.40. The van der Waals surface area contributed by atoms with Gasteiger partial charge in [-0.05, 0) is 6.92 Å². The van der Waals surface area contributed by atoms with Crippen LogP contribution in [0.1, 0.15) is 13.8 Å². The van der Waals surface area contributed by atoms with Crippen molar-refractivity contribution in [1.82, 2.24) is 10.2 Å². The average molecular weight is 264 g/mol. The van der Waals surface area contributed by atoms with Crippen LogP contribution in [-0.2, 0) is 14.6 Å². The Morgan fingerprint density at radius 3 is 2.59 bits per heavy atom. The Morgan fingerprint density at radius 1 is 1.35 bits per heavy atom. The summed E-state index contributed by atoms with van der Waals surface area (Å²) in [6, 6.07) is 0.0287. The number of sulfone groups is 1. The van der Waals surface area contributed by atoms with E-state index in [0.717, 1.165) is 39.4 Å². The molecule has 0 aromatic carbocycles. The molecule has 0 aliphatic carbocycles. The number of ether oxygens (including phenoxy) is 1. The lowest BCUT2D eigenvalue weighted by molar-refractivity contribution is 0.0382. The van der Waals surface area contributed by atoms with E-state index in [4.69, 9.17) is 4.74 Å². The molecule has 102 valence electrons. The quantitative estimate of drug-likeness (QED) is 0.686. The van der Waals surface area contributed by atoms with Crippen molar-refractivity contribution < 1.29 is 13.2 Å². The largest absolute Gasteiger partial charge is 0.379 e. The first-order valence-electron chi connectivity index (χ1n) is 6.27. The van der Waals surface area contributed by atoms with E-state index in [-0.39, 0.29) is 17.5 Å². The fourth-order valence-corrected chi connectivity index (χ4v) is 2.97. The van der Waals surface area contributed by atoms with E-state index in [0.29, 0.717) is 0 Å². The minimum atomic E-state index is -2.87. The second kappa shape index (κ2) is 7.31. The van der Waals surface area contributed by atoms with Gasteiger partial charge >= 0.3 is 0 Å². The van der Waals surface area contributed by atoms with E-state index in [2.05, 4.69) is 10.2 Å². The zero-order chi connectivity index (χ0) is 12.7. The summed E-state index contributed by atoms with van der Waals surface area (Å²) in [4.78, 5) is 2.33. The Hall–Kier alpha value is -0.170. The maximum atomic E-state index is 11.4. The lowest BCUT2D eigenvalue weighted by Gasteiger charge is -2.27. The molecule has 0 spiro atoms. The van der Waals surface area contributed by atoms with Gasteiger partial charge in [0.2, 0.25) is 0 Å². The molecule has 0 amide bonds. The highest BCUT2D eigenvalue weighted by Crippen LogP contribution is 1.97. The maximum Gasteiger partial charge on any atom is 0.151 e. The van der Waals surface area contributed by atoms with Gasteiger partial charge in [-0.3, -0.25) is 4.90 Å². The summed E-state index contributed by atoms with van der Waals surface area (Å²) in [5.41, 5.74) is 0. The van der Waals surface area contributed by atoms with Crippen molar-refractivity contribution >= 4 is 9.84 Å². The molecular weight excluding hydrogens is 240 g/mol. The van der Waals surface area contributed by atoms with E-state index >= 15 is 0 Å². The molecule has 1 unspecified atom stereocenters. The monoisotopic (exact) mass is 264 g/mol. The van der Waals surface area contributed by atoms with Gasteiger partial charge in [0.15, 0.2) is 9.84 Å². The molecule has 1 rings (SSSR count). The zero-order valence-corrected chi connectivity index (χ0v) is 11.6. The van der Waals surface area contributed by atoms with E-state index in [1.807, 2.05) is 6.92 Å². The van der Waals surface area contributed by atoms with Gasteiger partial charge in [0.1, 0.15) is 0 Å². The Bertz CT molecular complexity index is 300. The summed E-state index contributed by atoms with van der Waals surface area (Å²) < 4.78 is 28.1. The molecular formula is C11H24N2O3S. The van der Waals surface area contributed by atoms with Crippen molar-refractivity contribution in [3.8, 4) is 0 Å². The first-order chi connectivity index (χ1) is 8.03. The maximum absolute atomic E-state index is 11.4. The van der Waals surface area contributed by atoms with Crippen LogP contribution in [0.5, 0.6) is 0 Å². The van der Waals surface area contributed by atoms with E-state index in [9.17, 15) is 8.42 Å². The molecule has 0 aromatic heterocycles. The highest BCUT2D eigenvalue weighted by atomic mass is 32.2. The fraction of sp³-hybridized carbons (Fsp3) is 1.00. The highest BCUT2D eigenvalue weighted by Gasteiger charge is 2.14. The van der Waals surface area contributed by atoms with Crippen molar-refractivity contribution in [3.63, 3.8) is 0 Å². The third kappa shape index (κ3) is 6.35.